The van der Waals surface area contributed by atoms with Crippen LogP contribution < -0.4 is 25.4 Å². The number of hydrogen-bond donors (Lipinski definition) is 3. The molecule has 174 valence electrons. The zero-order chi connectivity index (χ0) is 22.1. The SMILES string of the molecule is CN=C(NCCOc1cccc(NC(C)=O)c1)NCc1ccc(C)cc1OCC1CC1.I. The second kappa shape index (κ2) is 13.1. The molecule has 32 heavy (non-hydrogen) atoms. The van der Waals surface area contributed by atoms with Gasteiger partial charge in [-0.05, 0) is 49.4 Å². The summed E-state index contributed by atoms with van der Waals surface area (Å²) in [5, 5.41) is 9.33. The molecule has 0 aromatic heterocycles. The zero-order valence-electron chi connectivity index (χ0n) is 18.9. The fourth-order valence-corrected chi connectivity index (χ4v) is 3.04. The minimum Gasteiger partial charge on any atom is -0.493 e. The van der Waals surface area contributed by atoms with Crippen molar-refractivity contribution in [2.24, 2.45) is 10.9 Å². The molecule has 1 saturated carbocycles. The standard InChI is InChI=1S/C24H32N4O3.HI/c1-17-7-10-20(23(13-17)31-16-19-8-9-19)15-27-24(25-3)26-11-12-30-22-6-4-5-21(14-22)28-18(2)29;/h4-7,10,13-14,19H,8-9,11-12,15-16H2,1-3H3,(H,28,29)(H2,25,26,27);1H. The summed E-state index contributed by atoms with van der Waals surface area (Å²) in [6.07, 6.45) is 2.55. The Kier molecular flexibility index (Phi) is 10.6. The molecule has 3 N–H and O–H groups in total. The highest BCUT2D eigenvalue weighted by atomic mass is 127. The summed E-state index contributed by atoms with van der Waals surface area (Å²) in [6, 6.07) is 13.6. The van der Waals surface area contributed by atoms with E-state index in [4.69, 9.17) is 9.47 Å². The van der Waals surface area contributed by atoms with E-state index in [0.29, 0.717) is 37.1 Å². The lowest BCUT2D eigenvalue weighted by molar-refractivity contribution is -0.114. The average Bonchev–Trinajstić information content (AvgIpc) is 3.57. The highest BCUT2D eigenvalue weighted by Gasteiger charge is 2.22. The van der Waals surface area contributed by atoms with Crippen molar-refractivity contribution in [2.45, 2.75) is 33.2 Å². The maximum Gasteiger partial charge on any atom is 0.221 e. The fraction of sp³-hybridized carbons (Fsp3) is 0.417. The van der Waals surface area contributed by atoms with E-state index in [1.165, 1.54) is 25.3 Å². The van der Waals surface area contributed by atoms with Crippen LogP contribution in [0.15, 0.2) is 47.5 Å². The van der Waals surface area contributed by atoms with Crippen molar-refractivity contribution >= 4 is 41.5 Å². The van der Waals surface area contributed by atoms with Gasteiger partial charge >= 0.3 is 0 Å². The molecule has 0 aliphatic heterocycles. The predicted molar refractivity (Wildman–Crippen MR) is 139 cm³/mol. The Bertz CT molecular complexity index is 916. The first-order chi connectivity index (χ1) is 15.0. The highest BCUT2D eigenvalue weighted by molar-refractivity contribution is 14.0. The van der Waals surface area contributed by atoms with Crippen LogP contribution in [0.2, 0.25) is 0 Å². The number of amides is 1. The third-order valence-corrected chi connectivity index (χ3v) is 4.88. The number of aryl methyl sites for hydroxylation is 1. The van der Waals surface area contributed by atoms with Gasteiger partial charge in [-0.3, -0.25) is 9.79 Å². The summed E-state index contributed by atoms with van der Waals surface area (Å²) in [5.74, 6) is 2.95. The Hall–Kier alpha value is -2.49. The molecular formula is C24H33IN4O3. The van der Waals surface area contributed by atoms with Gasteiger partial charge in [-0.2, -0.15) is 0 Å². The number of aliphatic imine (C=N–C) groups is 1. The summed E-state index contributed by atoms with van der Waals surface area (Å²) in [5.41, 5.74) is 3.02. The van der Waals surface area contributed by atoms with E-state index in [2.05, 4.69) is 46.1 Å². The van der Waals surface area contributed by atoms with Crippen LogP contribution in [0, 0.1) is 12.8 Å². The fourth-order valence-electron chi connectivity index (χ4n) is 3.04. The number of ether oxygens (including phenoxy) is 2. The predicted octanol–water partition coefficient (Wildman–Crippen LogP) is 4.10. The quantitative estimate of drug-likeness (QED) is 0.179. The van der Waals surface area contributed by atoms with Crippen molar-refractivity contribution in [3.63, 3.8) is 0 Å². The highest BCUT2D eigenvalue weighted by Crippen LogP contribution is 2.30. The van der Waals surface area contributed by atoms with Crippen molar-refractivity contribution in [1.82, 2.24) is 10.6 Å². The molecule has 0 heterocycles. The molecule has 2 aromatic carbocycles. The van der Waals surface area contributed by atoms with Gasteiger partial charge in [-0.15, -0.1) is 24.0 Å². The Morgan fingerprint density at radius 2 is 1.94 bits per heavy atom. The Balaban J connectivity index is 0.00000363. The number of nitrogens with one attached hydrogen (secondary N) is 3. The van der Waals surface area contributed by atoms with Gasteiger partial charge in [0.1, 0.15) is 18.1 Å². The Morgan fingerprint density at radius 3 is 2.66 bits per heavy atom. The van der Waals surface area contributed by atoms with E-state index in [9.17, 15) is 4.79 Å². The molecule has 0 saturated heterocycles. The van der Waals surface area contributed by atoms with Gasteiger partial charge in [0.15, 0.2) is 5.96 Å². The number of rotatable bonds is 10. The van der Waals surface area contributed by atoms with E-state index in [1.807, 2.05) is 18.2 Å². The molecule has 1 fully saturated rings. The Labute approximate surface area is 207 Å². The van der Waals surface area contributed by atoms with Crippen LogP contribution in [0.4, 0.5) is 5.69 Å². The van der Waals surface area contributed by atoms with Crippen LogP contribution in [-0.4, -0.2) is 38.7 Å². The second-order valence-corrected chi connectivity index (χ2v) is 7.78. The van der Waals surface area contributed by atoms with E-state index >= 15 is 0 Å². The minimum atomic E-state index is -0.108. The number of anilines is 1. The van der Waals surface area contributed by atoms with E-state index in [-0.39, 0.29) is 29.9 Å². The van der Waals surface area contributed by atoms with Gasteiger partial charge in [0.05, 0.1) is 13.2 Å². The van der Waals surface area contributed by atoms with Gasteiger partial charge < -0.3 is 25.4 Å². The van der Waals surface area contributed by atoms with E-state index in [0.717, 1.165) is 23.8 Å². The number of carbonyl (C=O) groups is 1. The van der Waals surface area contributed by atoms with Crippen molar-refractivity contribution in [3.05, 3.63) is 53.6 Å². The molecule has 0 spiro atoms. The number of hydrogen-bond acceptors (Lipinski definition) is 4. The summed E-state index contributed by atoms with van der Waals surface area (Å²) >= 11 is 0. The topological polar surface area (TPSA) is 84.0 Å². The molecule has 0 atom stereocenters. The third-order valence-electron chi connectivity index (χ3n) is 4.88. The largest absolute Gasteiger partial charge is 0.493 e. The first kappa shape index (κ1) is 25.8. The maximum absolute atomic E-state index is 11.2. The molecule has 0 unspecified atom stereocenters. The summed E-state index contributed by atoms with van der Waals surface area (Å²) in [4.78, 5) is 15.5. The van der Waals surface area contributed by atoms with Crippen molar-refractivity contribution in [2.75, 3.05) is 32.1 Å². The van der Waals surface area contributed by atoms with E-state index in [1.54, 1.807) is 13.1 Å². The average molecular weight is 552 g/mol. The molecule has 3 rings (SSSR count). The monoisotopic (exact) mass is 552 g/mol. The maximum atomic E-state index is 11.2. The minimum absolute atomic E-state index is 0. The number of nitrogens with zero attached hydrogens (tertiary/aromatic N) is 1. The van der Waals surface area contributed by atoms with Crippen molar-refractivity contribution in [1.29, 1.82) is 0 Å². The van der Waals surface area contributed by atoms with E-state index < -0.39 is 0 Å². The van der Waals surface area contributed by atoms with Crippen molar-refractivity contribution < 1.29 is 14.3 Å². The zero-order valence-corrected chi connectivity index (χ0v) is 21.3. The summed E-state index contributed by atoms with van der Waals surface area (Å²) in [6.45, 7) is 6.03. The molecule has 7 nitrogen and oxygen atoms in total. The molecule has 1 aliphatic rings. The van der Waals surface area contributed by atoms with Gasteiger partial charge in [-0.25, -0.2) is 0 Å². The molecule has 0 bridgehead atoms. The van der Waals surface area contributed by atoms with Gasteiger partial charge in [0.25, 0.3) is 0 Å². The van der Waals surface area contributed by atoms with Crippen molar-refractivity contribution in [3.8, 4) is 11.5 Å². The van der Waals surface area contributed by atoms with Crippen LogP contribution in [-0.2, 0) is 11.3 Å². The normalized spacial score (nSPS) is 13.0. The summed E-state index contributed by atoms with van der Waals surface area (Å²) in [7, 11) is 1.74. The first-order valence-corrected chi connectivity index (χ1v) is 10.7. The number of guanidine groups is 1. The van der Waals surface area contributed by atoms with Crippen LogP contribution >= 0.6 is 24.0 Å². The van der Waals surface area contributed by atoms with Gasteiger partial charge in [0.2, 0.25) is 5.91 Å². The van der Waals surface area contributed by atoms with Crippen LogP contribution in [0.3, 0.4) is 0 Å². The molecular weight excluding hydrogens is 519 g/mol. The summed E-state index contributed by atoms with van der Waals surface area (Å²) < 4.78 is 11.8. The molecule has 1 aliphatic carbocycles. The lowest BCUT2D eigenvalue weighted by Crippen LogP contribution is -2.39. The first-order valence-electron chi connectivity index (χ1n) is 10.7. The number of benzene rings is 2. The number of carbonyl (C=O) groups excluding carboxylic acids is 1. The van der Waals surface area contributed by atoms with Gasteiger partial charge in [0, 0.05) is 37.8 Å². The Morgan fingerprint density at radius 1 is 1.12 bits per heavy atom. The van der Waals surface area contributed by atoms with Crippen LogP contribution in [0.25, 0.3) is 0 Å². The second-order valence-electron chi connectivity index (χ2n) is 7.78. The lowest BCUT2D eigenvalue weighted by atomic mass is 10.1. The molecule has 2 aromatic rings. The molecule has 0 radical (unpaired) electrons. The lowest BCUT2D eigenvalue weighted by Gasteiger charge is -2.16. The molecule has 8 heteroatoms. The number of halogens is 1. The van der Waals surface area contributed by atoms with Gasteiger partial charge in [-0.1, -0.05) is 18.2 Å². The molecule has 1 amide bonds. The van der Waals surface area contributed by atoms with Crippen LogP contribution in [0.1, 0.15) is 30.9 Å². The smallest absolute Gasteiger partial charge is 0.221 e. The van der Waals surface area contributed by atoms with Crippen LogP contribution in [0.5, 0.6) is 11.5 Å². The third kappa shape index (κ3) is 8.94.